The Morgan fingerprint density at radius 2 is 1.79 bits per heavy atom. The van der Waals surface area contributed by atoms with Gasteiger partial charge in [-0.15, -0.1) is 0 Å². The van der Waals surface area contributed by atoms with Gasteiger partial charge in [0.05, 0.1) is 0 Å². The molecule has 3 aliphatic rings. The van der Waals surface area contributed by atoms with Crippen LogP contribution in [0.25, 0.3) is 0 Å². The summed E-state index contributed by atoms with van der Waals surface area (Å²) < 4.78 is 0. The zero-order chi connectivity index (χ0) is 20.0. The summed E-state index contributed by atoms with van der Waals surface area (Å²) in [6, 6.07) is 13.7. The molecule has 0 spiro atoms. The van der Waals surface area contributed by atoms with Crippen molar-refractivity contribution in [3.05, 3.63) is 59.8 Å². The lowest BCUT2D eigenvalue weighted by molar-refractivity contribution is -0.147. The Hall–Kier alpha value is -2.40. The maximum absolute atomic E-state index is 13.4. The second-order valence-electron chi connectivity index (χ2n) is 8.99. The van der Waals surface area contributed by atoms with Crippen molar-refractivity contribution in [2.45, 2.75) is 44.2 Å². The summed E-state index contributed by atoms with van der Waals surface area (Å²) in [4.78, 5) is 20.2. The number of aryl methyl sites for hydroxylation is 1. The number of fused-ring (bicyclic) bond motifs is 1. The van der Waals surface area contributed by atoms with Crippen LogP contribution in [0.4, 0.5) is 5.82 Å². The molecule has 5 rings (SSSR count). The lowest BCUT2D eigenvalue weighted by Crippen LogP contribution is -2.51. The van der Waals surface area contributed by atoms with Crippen molar-refractivity contribution < 1.29 is 9.90 Å². The summed E-state index contributed by atoms with van der Waals surface area (Å²) in [6.07, 6.45) is 5.82. The first-order valence-electron chi connectivity index (χ1n) is 10.8. The Morgan fingerprint density at radius 3 is 2.45 bits per heavy atom. The summed E-state index contributed by atoms with van der Waals surface area (Å²) in [6.45, 7) is 3.93. The van der Waals surface area contributed by atoms with Crippen LogP contribution in [-0.4, -0.2) is 35.1 Å². The highest BCUT2D eigenvalue weighted by atomic mass is 16.3. The number of rotatable bonds is 5. The molecule has 2 aliphatic carbocycles. The molecule has 3 unspecified atom stereocenters. The van der Waals surface area contributed by atoms with Gasteiger partial charge in [0.25, 0.3) is 5.91 Å². The molecule has 0 bridgehead atoms. The van der Waals surface area contributed by atoms with Crippen molar-refractivity contribution in [2.24, 2.45) is 17.8 Å². The van der Waals surface area contributed by atoms with E-state index in [1.165, 1.54) is 5.56 Å². The zero-order valence-electron chi connectivity index (χ0n) is 16.9. The largest absolute Gasteiger partial charge is 0.375 e. The van der Waals surface area contributed by atoms with Crippen LogP contribution in [0.15, 0.2) is 48.7 Å². The fraction of sp³-hybridized carbons (Fsp3) is 0.500. The number of nitrogens with one attached hydrogen (secondary N) is 1. The van der Waals surface area contributed by atoms with Crippen molar-refractivity contribution in [1.29, 1.82) is 0 Å². The highest BCUT2D eigenvalue weighted by molar-refractivity contribution is 5.87. The van der Waals surface area contributed by atoms with E-state index in [-0.39, 0.29) is 17.9 Å². The smallest absolute Gasteiger partial charge is 0.257 e. The van der Waals surface area contributed by atoms with Gasteiger partial charge in [-0.3, -0.25) is 4.79 Å². The van der Waals surface area contributed by atoms with Crippen LogP contribution in [0.1, 0.15) is 36.8 Å². The van der Waals surface area contributed by atoms with Gasteiger partial charge in [-0.05, 0) is 37.0 Å². The molecule has 2 heterocycles. The topological polar surface area (TPSA) is 65.5 Å². The van der Waals surface area contributed by atoms with Gasteiger partial charge < -0.3 is 15.3 Å². The van der Waals surface area contributed by atoms with Crippen LogP contribution in [0.5, 0.6) is 0 Å². The Balaban J connectivity index is 1.29. The molecule has 1 saturated heterocycles. The molecule has 1 amide bonds. The summed E-state index contributed by atoms with van der Waals surface area (Å²) in [5.74, 6) is 1.73. The van der Waals surface area contributed by atoms with E-state index >= 15 is 0 Å². The van der Waals surface area contributed by atoms with Crippen LogP contribution in [-0.2, 0) is 10.4 Å². The number of amides is 1. The van der Waals surface area contributed by atoms with E-state index in [1.54, 1.807) is 0 Å². The van der Waals surface area contributed by atoms with Gasteiger partial charge in [0.15, 0.2) is 5.60 Å². The molecule has 2 aromatic rings. The number of anilines is 1. The molecule has 29 heavy (non-hydrogen) atoms. The predicted molar refractivity (Wildman–Crippen MR) is 112 cm³/mol. The molecule has 5 heteroatoms. The van der Waals surface area contributed by atoms with Crippen LogP contribution >= 0.6 is 0 Å². The van der Waals surface area contributed by atoms with E-state index in [4.69, 9.17) is 0 Å². The van der Waals surface area contributed by atoms with E-state index in [0.29, 0.717) is 11.8 Å². The minimum atomic E-state index is -1.42. The summed E-state index contributed by atoms with van der Waals surface area (Å²) in [7, 11) is 0. The van der Waals surface area contributed by atoms with Crippen LogP contribution in [0.2, 0.25) is 0 Å². The van der Waals surface area contributed by atoms with Gasteiger partial charge in [0, 0.05) is 43.1 Å². The van der Waals surface area contributed by atoms with Crippen molar-refractivity contribution in [2.75, 3.05) is 18.0 Å². The quantitative estimate of drug-likeness (QED) is 0.822. The van der Waals surface area contributed by atoms with Crippen LogP contribution < -0.4 is 10.2 Å². The van der Waals surface area contributed by atoms with E-state index in [1.807, 2.05) is 42.6 Å². The number of benzene rings is 1. The van der Waals surface area contributed by atoms with E-state index in [0.717, 1.165) is 50.2 Å². The lowest BCUT2D eigenvalue weighted by Gasteiger charge is -2.34. The predicted octanol–water partition coefficient (Wildman–Crippen LogP) is 3.02. The summed E-state index contributed by atoms with van der Waals surface area (Å²) >= 11 is 0. The third-order valence-electron chi connectivity index (χ3n) is 7.28. The number of aromatic nitrogens is 1. The average molecular weight is 392 g/mol. The van der Waals surface area contributed by atoms with Gasteiger partial charge in [-0.1, -0.05) is 49.2 Å². The molecule has 2 saturated carbocycles. The molecule has 0 radical (unpaired) electrons. The minimum Gasteiger partial charge on any atom is -0.375 e. The Labute approximate surface area is 172 Å². The van der Waals surface area contributed by atoms with Gasteiger partial charge in [-0.2, -0.15) is 0 Å². The first-order valence-corrected chi connectivity index (χ1v) is 10.8. The highest BCUT2D eigenvalue weighted by Gasteiger charge is 2.58. The second kappa shape index (κ2) is 7.13. The number of pyridine rings is 1. The van der Waals surface area contributed by atoms with Gasteiger partial charge in [-0.25, -0.2) is 4.98 Å². The van der Waals surface area contributed by atoms with Crippen LogP contribution in [0.3, 0.4) is 0 Å². The SMILES string of the molecule is Cc1cccnc1N1CC2C(NC(=O)C(O)(c3ccccc3)C3CCCC3)[C@H]2C1. The molecule has 4 atom stereocenters. The fourth-order valence-electron chi connectivity index (χ4n) is 5.57. The molecule has 5 nitrogen and oxygen atoms in total. The monoisotopic (exact) mass is 391 g/mol. The van der Waals surface area contributed by atoms with Gasteiger partial charge in [0.1, 0.15) is 5.82 Å². The minimum absolute atomic E-state index is 0.00356. The number of carbonyl (C=O) groups is 1. The molecular weight excluding hydrogens is 362 g/mol. The van der Waals surface area contributed by atoms with E-state index in [9.17, 15) is 9.90 Å². The number of piperidine rings is 1. The maximum Gasteiger partial charge on any atom is 0.257 e. The van der Waals surface area contributed by atoms with Gasteiger partial charge in [0.2, 0.25) is 0 Å². The number of aliphatic hydroxyl groups is 1. The van der Waals surface area contributed by atoms with Gasteiger partial charge >= 0.3 is 0 Å². The van der Waals surface area contributed by atoms with E-state index < -0.39 is 5.60 Å². The average Bonchev–Trinajstić information content (AvgIpc) is 3.18. The molecule has 2 N–H and O–H groups in total. The summed E-state index contributed by atoms with van der Waals surface area (Å²) in [5, 5.41) is 14.8. The first-order chi connectivity index (χ1) is 14.1. The maximum atomic E-state index is 13.4. The molecule has 3 fully saturated rings. The molecule has 152 valence electrons. The van der Waals surface area contributed by atoms with Crippen LogP contribution in [0, 0.1) is 24.7 Å². The molecular formula is C24H29N3O2. The summed E-state index contributed by atoms with van der Waals surface area (Å²) in [5.41, 5.74) is 0.487. The number of hydrogen-bond acceptors (Lipinski definition) is 4. The zero-order valence-corrected chi connectivity index (χ0v) is 16.9. The van der Waals surface area contributed by atoms with Crippen molar-refractivity contribution >= 4 is 11.7 Å². The number of hydrogen-bond donors (Lipinski definition) is 2. The third kappa shape index (κ3) is 3.12. The highest BCUT2D eigenvalue weighted by Crippen LogP contribution is 2.48. The Bertz CT molecular complexity index is 884. The Kier molecular flexibility index (Phi) is 4.58. The molecule has 1 aliphatic heterocycles. The first kappa shape index (κ1) is 18.6. The third-order valence-corrected chi connectivity index (χ3v) is 7.28. The second-order valence-corrected chi connectivity index (χ2v) is 8.99. The standard InChI is InChI=1S/C24H29N3O2/c1-16-8-7-13-25-22(16)27-14-19-20(15-27)21(19)26-23(28)24(29,18-11-5-6-12-18)17-9-3-2-4-10-17/h2-4,7-10,13,18-21,29H,5-6,11-12,14-15H2,1H3,(H,26,28)/t19-,20?,21?,24?/m0/s1. The molecule has 1 aromatic heterocycles. The molecule has 1 aromatic carbocycles. The van der Waals surface area contributed by atoms with Crippen molar-refractivity contribution in [1.82, 2.24) is 10.3 Å². The number of carbonyl (C=O) groups excluding carboxylic acids is 1. The van der Waals surface area contributed by atoms with E-state index in [2.05, 4.69) is 28.2 Å². The van der Waals surface area contributed by atoms with Crippen molar-refractivity contribution in [3.8, 4) is 0 Å². The Morgan fingerprint density at radius 1 is 1.10 bits per heavy atom. The number of nitrogens with zero attached hydrogens (tertiary/aromatic N) is 2. The fourth-order valence-corrected chi connectivity index (χ4v) is 5.57. The normalized spacial score (nSPS) is 28.1. The lowest BCUT2D eigenvalue weighted by atomic mass is 9.79. The van der Waals surface area contributed by atoms with Crippen molar-refractivity contribution in [3.63, 3.8) is 0 Å².